The number of benzene rings is 1. The molecule has 2 aromatic rings. The van der Waals surface area contributed by atoms with E-state index in [9.17, 15) is 9.59 Å². The van der Waals surface area contributed by atoms with Crippen LogP contribution >= 0.6 is 11.6 Å². The van der Waals surface area contributed by atoms with Crippen LogP contribution in [0.5, 0.6) is 0 Å². The maximum Gasteiger partial charge on any atom is 0.305 e. The molecule has 0 fully saturated rings. The number of carbonyl (C=O) groups excluding carboxylic acids is 1. The molecule has 7 nitrogen and oxygen atoms in total. The lowest BCUT2D eigenvalue weighted by Crippen LogP contribution is -2.50. The van der Waals surface area contributed by atoms with E-state index in [0.29, 0.717) is 10.7 Å². The van der Waals surface area contributed by atoms with Crippen molar-refractivity contribution in [1.82, 2.24) is 15.5 Å². The number of aromatic amines is 1. The summed E-state index contributed by atoms with van der Waals surface area (Å²) in [5.41, 5.74) is 0.597. The fourth-order valence-corrected chi connectivity index (χ4v) is 2.46. The Morgan fingerprint density at radius 2 is 2.04 bits per heavy atom. The van der Waals surface area contributed by atoms with Gasteiger partial charge in [0.15, 0.2) is 0 Å². The molecule has 24 heavy (non-hydrogen) atoms. The lowest BCUT2D eigenvalue weighted by Gasteiger charge is -2.28. The maximum absolute atomic E-state index is 12.4. The molecule has 2 rings (SSSR count). The van der Waals surface area contributed by atoms with E-state index >= 15 is 0 Å². The second-order valence-corrected chi connectivity index (χ2v) is 6.13. The molecule has 1 aromatic heterocycles. The van der Waals surface area contributed by atoms with Crippen LogP contribution in [-0.2, 0) is 9.53 Å². The summed E-state index contributed by atoms with van der Waals surface area (Å²) in [6.45, 7) is 1.68. The first-order valence-electron chi connectivity index (χ1n) is 7.17. The van der Waals surface area contributed by atoms with Crippen LogP contribution < -0.4 is 5.32 Å². The van der Waals surface area contributed by atoms with Crippen molar-refractivity contribution in [3.63, 3.8) is 0 Å². The first kappa shape index (κ1) is 18.0. The standard InChI is InChI=1S/C16H18ClN3O4/c1-16(9-24-2,8-14(21)22)18-15(23)13-7-12(19-20-13)10-3-5-11(17)6-4-10/h3-7H,8-9H2,1-2H3,(H,18,23)(H,19,20)(H,21,22). The number of nitrogens with zero attached hydrogens (tertiary/aromatic N) is 1. The van der Waals surface area contributed by atoms with Crippen LogP contribution in [0.4, 0.5) is 0 Å². The highest BCUT2D eigenvalue weighted by molar-refractivity contribution is 6.30. The van der Waals surface area contributed by atoms with E-state index in [-0.39, 0.29) is 18.7 Å². The molecule has 8 heteroatoms. The van der Waals surface area contributed by atoms with Gasteiger partial charge in [-0.15, -0.1) is 0 Å². The van der Waals surface area contributed by atoms with Gasteiger partial charge in [-0.2, -0.15) is 5.10 Å². The molecule has 0 spiro atoms. The summed E-state index contributed by atoms with van der Waals surface area (Å²) in [5, 5.41) is 19.0. The summed E-state index contributed by atoms with van der Waals surface area (Å²) in [6.07, 6.45) is -0.259. The minimum atomic E-state index is -1.03. The van der Waals surface area contributed by atoms with Gasteiger partial charge in [0.2, 0.25) is 0 Å². The van der Waals surface area contributed by atoms with Gasteiger partial charge in [0.25, 0.3) is 5.91 Å². The van der Waals surface area contributed by atoms with Gasteiger partial charge in [0, 0.05) is 17.7 Å². The summed E-state index contributed by atoms with van der Waals surface area (Å²) in [5.74, 6) is -1.48. The molecule has 3 N–H and O–H groups in total. The van der Waals surface area contributed by atoms with E-state index in [0.717, 1.165) is 5.56 Å². The molecule has 1 atom stereocenters. The third-order valence-electron chi connectivity index (χ3n) is 3.38. The molecule has 0 saturated heterocycles. The molecule has 1 unspecified atom stereocenters. The van der Waals surface area contributed by atoms with Crippen molar-refractivity contribution in [2.75, 3.05) is 13.7 Å². The normalized spacial score (nSPS) is 13.3. The number of ether oxygens (including phenoxy) is 1. The Balaban J connectivity index is 2.15. The van der Waals surface area contributed by atoms with E-state index in [1.165, 1.54) is 7.11 Å². The van der Waals surface area contributed by atoms with Gasteiger partial charge >= 0.3 is 5.97 Å². The van der Waals surface area contributed by atoms with Crippen molar-refractivity contribution >= 4 is 23.5 Å². The number of carboxylic acids is 1. The number of hydrogen-bond donors (Lipinski definition) is 3. The van der Waals surface area contributed by atoms with Crippen molar-refractivity contribution in [3.8, 4) is 11.3 Å². The molecule has 0 radical (unpaired) electrons. The molecule has 0 aliphatic carbocycles. The average Bonchev–Trinajstić information content (AvgIpc) is 2.97. The number of hydrogen-bond acceptors (Lipinski definition) is 4. The van der Waals surface area contributed by atoms with Gasteiger partial charge in [-0.1, -0.05) is 23.7 Å². The number of H-pyrrole nitrogens is 1. The Labute approximate surface area is 144 Å². The molecule has 1 aromatic carbocycles. The molecule has 0 aliphatic heterocycles. The number of amides is 1. The second-order valence-electron chi connectivity index (χ2n) is 5.69. The third-order valence-corrected chi connectivity index (χ3v) is 3.63. The average molecular weight is 352 g/mol. The number of aromatic nitrogens is 2. The van der Waals surface area contributed by atoms with Crippen LogP contribution in [0.3, 0.4) is 0 Å². The van der Waals surface area contributed by atoms with Crippen LogP contribution in [0.2, 0.25) is 5.02 Å². The summed E-state index contributed by atoms with van der Waals surface area (Å²) < 4.78 is 5.01. The lowest BCUT2D eigenvalue weighted by molar-refractivity contribution is -0.139. The molecule has 0 aliphatic rings. The van der Waals surface area contributed by atoms with Crippen molar-refractivity contribution in [2.45, 2.75) is 18.9 Å². The summed E-state index contributed by atoms with van der Waals surface area (Å²) >= 11 is 5.85. The summed E-state index contributed by atoms with van der Waals surface area (Å²) in [7, 11) is 1.45. The van der Waals surface area contributed by atoms with Crippen LogP contribution in [-0.4, -0.2) is 46.4 Å². The zero-order chi connectivity index (χ0) is 17.7. The molecule has 0 saturated carbocycles. The van der Waals surface area contributed by atoms with E-state index in [1.54, 1.807) is 37.3 Å². The third kappa shape index (κ3) is 4.56. The van der Waals surface area contributed by atoms with Crippen molar-refractivity contribution in [2.24, 2.45) is 0 Å². The van der Waals surface area contributed by atoms with Crippen LogP contribution in [0.1, 0.15) is 23.8 Å². The summed E-state index contributed by atoms with van der Waals surface area (Å²) in [4.78, 5) is 23.3. The first-order valence-corrected chi connectivity index (χ1v) is 7.55. The topological polar surface area (TPSA) is 104 Å². The first-order chi connectivity index (χ1) is 11.3. The summed E-state index contributed by atoms with van der Waals surface area (Å²) in [6, 6.07) is 8.63. The van der Waals surface area contributed by atoms with Crippen molar-refractivity contribution in [3.05, 3.63) is 41.0 Å². The highest BCUT2D eigenvalue weighted by atomic mass is 35.5. The quantitative estimate of drug-likeness (QED) is 0.710. The lowest BCUT2D eigenvalue weighted by atomic mass is 9.98. The number of carboxylic acid groups (broad SMARTS) is 1. The minimum absolute atomic E-state index is 0.0726. The van der Waals surface area contributed by atoms with E-state index < -0.39 is 17.4 Å². The zero-order valence-electron chi connectivity index (χ0n) is 13.3. The van der Waals surface area contributed by atoms with E-state index in [4.69, 9.17) is 21.4 Å². The van der Waals surface area contributed by atoms with E-state index in [1.807, 2.05) is 0 Å². The number of aliphatic carboxylic acids is 1. The van der Waals surface area contributed by atoms with Gasteiger partial charge < -0.3 is 15.2 Å². The zero-order valence-corrected chi connectivity index (χ0v) is 14.1. The fraction of sp³-hybridized carbons (Fsp3) is 0.312. The number of nitrogens with one attached hydrogen (secondary N) is 2. The predicted molar refractivity (Wildman–Crippen MR) is 89.0 cm³/mol. The van der Waals surface area contributed by atoms with Crippen LogP contribution in [0.25, 0.3) is 11.3 Å². The van der Waals surface area contributed by atoms with Gasteiger partial charge in [0.05, 0.1) is 24.3 Å². The molecule has 1 heterocycles. The highest BCUT2D eigenvalue weighted by Crippen LogP contribution is 2.20. The molecular formula is C16H18ClN3O4. The van der Waals surface area contributed by atoms with Crippen molar-refractivity contribution < 1.29 is 19.4 Å². The number of rotatable bonds is 7. The SMILES string of the molecule is COCC(C)(CC(=O)O)NC(=O)c1cc(-c2ccc(Cl)cc2)n[nH]1. The molecular weight excluding hydrogens is 334 g/mol. The molecule has 0 bridgehead atoms. The smallest absolute Gasteiger partial charge is 0.305 e. The van der Waals surface area contributed by atoms with Crippen LogP contribution in [0.15, 0.2) is 30.3 Å². The second kappa shape index (κ2) is 7.46. The molecule has 1 amide bonds. The Morgan fingerprint density at radius 1 is 1.38 bits per heavy atom. The Bertz CT molecular complexity index is 729. The van der Waals surface area contributed by atoms with Crippen LogP contribution in [0, 0.1) is 0 Å². The number of methoxy groups -OCH3 is 1. The highest BCUT2D eigenvalue weighted by Gasteiger charge is 2.30. The number of carbonyl (C=O) groups is 2. The van der Waals surface area contributed by atoms with Gasteiger partial charge in [-0.3, -0.25) is 14.7 Å². The molecule has 128 valence electrons. The Hall–Kier alpha value is -2.38. The minimum Gasteiger partial charge on any atom is -0.481 e. The largest absolute Gasteiger partial charge is 0.481 e. The van der Waals surface area contributed by atoms with Gasteiger partial charge in [-0.25, -0.2) is 0 Å². The monoisotopic (exact) mass is 351 g/mol. The van der Waals surface area contributed by atoms with Crippen molar-refractivity contribution in [1.29, 1.82) is 0 Å². The Morgan fingerprint density at radius 3 is 2.62 bits per heavy atom. The predicted octanol–water partition coefficient (Wildman–Crippen LogP) is 2.34. The van der Waals surface area contributed by atoms with Gasteiger partial charge in [-0.05, 0) is 25.1 Å². The fourth-order valence-electron chi connectivity index (χ4n) is 2.33. The maximum atomic E-state index is 12.4. The van der Waals surface area contributed by atoms with Gasteiger partial charge in [0.1, 0.15) is 5.69 Å². The Kier molecular flexibility index (Phi) is 5.58. The van der Waals surface area contributed by atoms with E-state index in [2.05, 4.69) is 15.5 Å². The number of halogens is 1.